The third-order valence-electron chi connectivity index (χ3n) is 5.42. The standard InChI is InChI=1S/C23H26N2O4S/c1-14(2)23-25(22(27)17-7-5-4-6-15(17)3)18(12-30-23)21(26)24-11-16-8-9-19-20(10-16)29-13-28-19/h4-10,14,18,23H,11-13H2,1-3H3,(H,24,26). The Hall–Kier alpha value is -2.67. The van der Waals surface area contributed by atoms with Crippen LogP contribution < -0.4 is 14.8 Å². The molecule has 2 aromatic carbocycles. The number of rotatable bonds is 5. The Morgan fingerprint density at radius 1 is 1.17 bits per heavy atom. The van der Waals surface area contributed by atoms with E-state index in [1.807, 2.05) is 49.4 Å². The molecule has 0 aromatic heterocycles. The topological polar surface area (TPSA) is 67.9 Å². The molecule has 0 radical (unpaired) electrons. The van der Waals surface area contributed by atoms with Crippen LogP contribution in [0.3, 0.4) is 0 Å². The van der Waals surface area contributed by atoms with Crippen molar-refractivity contribution in [3.63, 3.8) is 0 Å². The molecule has 2 unspecified atom stereocenters. The van der Waals surface area contributed by atoms with Crippen molar-refractivity contribution in [1.82, 2.24) is 10.2 Å². The van der Waals surface area contributed by atoms with Gasteiger partial charge in [-0.25, -0.2) is 0 Å². The van der Waals surface area contributed by atoms with E-state index in [9.17, 15) is 9.59 Å². The fourth-order valence-electron chi connectivity index (χ4n) is 3.81. The lowest BCUT2D eigenvalue weighted by atomic mass is 10.0. The van der Waals surface area contributed by atoms with E-state index in [-0.39, 0.29) is 29.9 Å². The van der Waals surface area contributed by atoms with Crippen molar-refractivity contribution in [3.05, 3.63) is 59.2 Å². The Morgan fingerprint density at radius 3 is 2.70 bits per heavy atom. The number of carbonyl (C=O) groups is 2. The monoisotopic (exact) mass is 426 g/mol. The quantitative estimate of drug-likeness (QED) is 0.792. The maximum Gasteiger partial charge on any atom is 0.255 e. The molecule has 30 heavy (non-hydrogen) atoms. The number of benzene rings is 2. The molecule has 0 bridgehead atoms. The normalized spacial score (nSPS) is 19.9. The molecular weight excluding hydrogens is 400 g/mol. The average molecular weight is 427 g/mol. The number of hydrogen-bond donors (Lipinski definition) is 1. The molecule has 2 heterocycles. The van der Waals surface area contributed by atoms with Crippen LogP contribution in [0.25, 0.3) is 0 Å². The van der Waals surface area contributed by atoms with Crippen molar-refractivity contribution >= 4 is 23.6 Å². The van der Waals surface area contributed by atoms with E-state index < -0.39 is 6.04 Å². The number of hydrogen-bond acceptors (Lipinski definition) is 5. The summed E-state index contributed by atoms with van der Waals surface area (Å²) in [6, 6.07) is 12.7. The van der Waals surface area contributed by atoms with Crippen molar-refractivity contribution in [2.45, 2.75) is 38.7 Å². The van der Waals surface area contributed by atoms with Crippen LogP contribution in [-0.4, -0.2) is 40.7 Å². The largest absolute Gasteiger partial charge is 0.454 e. The van der Waals surface area contributed by atoms with E-state index in [4.69, 9.17) is 9.47 Å². The first-order valence-electron chi connectivity index (χ1n) is 10.1. The molecule has 2 aliphatic rings. The van der Waals surface area contributed by atoms with Crippen LogP contribution in [0.15, 0.2) is 42.5 Å². The van der Waals surface area contributed by atoms with Gasteiger partial charge in [0.15, 0.2) is 11.5 Å². The molecule has 2 aliphatic heterocycles. The van der Waals surface area contributed by atoms with Gasteiger partial charge in [0.05, 0.1) is 5.37 Å². The first-order valence-corrected chi connectivity index (χ1v) is 11.2. The summed E-state index contributed by atoms with van der Waals surface area (Å²) < 4.78 is 10.7. The first-order chi connectivity index (χ1) is 14.5. The summed E-state index contributed by atoms with van der Waals surface area (Å²) in [5.41, 5.74) is 2.50. The summed E-state index contributed by atoms with van der Waals surface area (Å²) in [6.45, 7) is 6.69. The lowest BCUT2D eigenvalue weighted by Crippen LogP contribution is -2.50. The van der Waals surface area contributed by atoms with E-state index in [2.05, 4.69) is 19.2 Å². The first kappa shape index (κ1) is 20.6. The third-order valence-corrected chi connectivity index (χ3v) is 7.04. The molecule has 2 amide bonds. The minimum absolute atomic E-state index is 0.0293. The van der Waals surface area contributed by atoms with Gasteiger partial charge in [-0.05, 0) is 42.2 Å². The predicted molar refractivity (Wildman–Crippen MR) is 117 cm³/mol. The highest BCUT2D eigenvalue weighted by molar-refractivity contribution is 8.00. The summed E-state index contributed by atoms with van der Waals surface area (Å²) in [5.74, 6) is 2.02. The maximum atomic E-state index is 13.4. The number of nitrogens with zero attached hydrogens (tertiary/aromatic N) is 1. The smallest absolute Gasteiger partial charge is 0.255 e. The Balaban J connectivity index is 1.50. The summed E-state index contributed by atoms with van der Waals surface area (Å²) in [7, 11) is 0. The fourth-order valence-corrected chi connectivity index (χ4v) is 5.29. The third kappa shape index (κ3) is 3.99. The van der Waals surface area contributed by atoms with Crippen LogP contribution in [0.1, 0.15) is 35.3 Å². The van der Waals surface area contributed by atoms with Gasteiger partial charge in [0.1, 0.15) is 6.04 Å². The molecule has 6 nitrogen and oxygen atoms in total. The van der Waals surface area contributed by atoms with Crippen LogP contribution in [0.5, 0.6) is 11.5 Å². The summed E-state index contributed by atoms with van der Waals surface area (Å²) in [6.07, 6.45) is 0. The second-order valence-corrected chi connectivity index (χ2v) is 9.07. The minimum Gasteiger partial charge on any atom is -0.454 e. The average Bonchev–Trinajstić information content (AvgIpc) is 3.38. The predicted octanol–water partition coefficient (Wildman–Crippen LogP) is 3.58. The van der Waals surface area contributed by atoms with Crippen molar-refractivity contribution in [3.8, 4) is 11.5 Å². The zero-order chi connectivity index (χ0) is 21.3. The Labute approximate surface area is 180 Å². The molecule has 1 N–H and O–H groups in total. The molecule has 7 heteroatoms. The van der Waals surface area contributed by atoms with Crippen LogP contribution in [0.4, 0.5) is 0 Å². The van der Waals surface area contributed by atoms with Gasteiger partial charge in [-0.15, -0.1) is 11.8 Å². The molecule has 4 rings (SSSR count). The van der Waals surface area contributed by atoms with E-state index >= 15 is 0 Å². The lowest BCUT2D eigenvalue weighted by molar-refractivity contribution is -0.125. The van der Waals surface area contributed by atoms with Crippen molar-refractivity contribution < 1.29 is 19.1 Å². The minimum atomic E-state index is -0.497. The zero-order valence-electron chi connectivity index (χ0n) is 17.4. The molecule has 2 atom stereocenters. The molecule has 2 aromatic rings. The highest BCUT2D eigenvalue weighted by Gasteiger charge is 2.43. The van der Waals surface area contributed by atoms with Crippen LogP contribution in [0, 0.1) is 12.8 Å². The van der Waals surface area contributed by atoms with Gasteiger partial charge in [0.2, 0.25) is 12.7 Å². The number of amides is 2. The second-order valence-electron chi connectivity index (χ2n) is 7.92. The lowest BCUT2D eigenvalue weighted by Gasteiger charge is -2.31. The number of ether oxygens (including phenoxy) is 2. The highest BCUT2D eigenvalue weighted by atomic mass is 32.2. The number of carbonyl (C=O) groups excluding carboxylic acids is 2. The molecular formula is C23H26N2O4S. The molecule has 0 spiro atoms. The molecule has 1 fully saturated rings. The van der Waals surface area contributed by atoms with E-state index in [1.165, 1.54) is 0 Å². The van der Waals surface area contributed by atoms with Gasteiger partial charge in [0.25, 0.3) is 5.91 Å². The molecule has 158 valence electrons. The van der Waals surface area contributed by atoms with Crippen LogP contribution in [-0.2, 0) is 11.3 Å². The second kappa shape index (κ2) is 8.60. The summed E-state index contributed by atoms with van der Waals surface area (Å²) in [5, 5.41) is 2.97. The number of fused-ring (bicyclic) bond motifs is 1. The molecule has 1 saturated heterocycles. The van der Waals surface area contributed by atoms with Crippen LogP contribution >= 0.6 is 11.8 Å². The van der Waals surface area contributed by atoms with Gasteiger partial charge >= 0.3 is 0 Å². The molecule has 0 saturated carbocycles. The Bertz CT molecular complexity index is 962. The summed E-state index contributed by atoms with van der Waals surface area (Å²) in [4.78, 5) is 28.2. The van der Waals surface area contributed by atoms with Gasteiger partial charge in [-0.2, -0.15) is 0 Å². The number of thioether (sulfide) groups is 1. The fraction of sp³-hybridized carbons (Fsp3) is 0.391. The Kier molecular flexibility index (Phi) is 5.90. The zero-order valence-corrected chi connectivity index (χ0v) is 18.2. The van der Waals surface area contributed by atoms with E-state index in [0.717, 1.165) is 11.1 Å². The maximum absolute atomic E-state index is 13.4. The van der Waals surface area contributed by atoms with Crippen LogP contribution in [0.2, 0.25) is 0 Å². The summed E-state index contributed by atoms with van der Waals surface area (Å²) >= 11 is 1.67. The SMILES string of the molecule is Cc1ccccc1C(=O)N1C(C(=O)NCc2ccc3c(c2)OCO3)CSC1C(C)C. The number of aryl methyl sites for hydroxylation is 1. The highest BCUT2D eigenvalue weighted by Crippen LogP contribution is 2.36. The van der Waals surface area contributed by atoms with Gasteiger partial charge in [-0.3, -0.25) is 9.59 Å². The van der Waals surface area contributed by atoms with Gasteiger partial charge in [-0.1, -0.05) is 38.1 Å². The van der Waals surface area contributed by atoms with Crippen molar-refractivity contribution in [2.24, 2.45) is 5.92 Å². The Morgan fingerprint density at radius 2 is 1.93 bits per heavy atom. The number of nitrogens with one attached hydrogen (secondary N) is 1. The van der Waals surface area contributed by atoms with E-state index in [1.54, 1.807) is 16.7 Å². The van der Waals surface area contributed by atoms with Gasteiger partial charge < -0.3 is 19.7 Å². The van der Waals surface area contributed by atoms with E-state index in [0.29, 0.717) is 29.4 Å². The van der Waals surface area contributed by atoms with Gasteiger partial charge in [0, 0.05) is 17.9 Å². The molecule has 0 aliphatic carbocycles. The van der Waals surface area contributed by atoms with Crippen molar-refractivity contribution in [1.29, 1.82) is 0 Å². The van der Waals surface area contributed by atoms with Crippen molar-refractivity contribution in [2.75, 3.05) is 12.5 Å².